The zero-order valence-electron chi connectivity index (χ0n) is 15.0. The molecule has 0 bridgehead atoms. The van der Waals surface area contributed by atoms with E-state index >= 15 is 0 Å². The Balaban J connectivity index is 1.34. The Labute approximate surface area is 173 Å². The van der Waals surface area contributed by atoms with Gasteiger partial charge in [0.1, 0.15) is 5.01 Å². The number of nitrogens with one attached hydrogen (secondary N) is 1. The predicted molar refractivity (Wildman–Crippen MR) is 109 cm³/mol. The molecule has 4 rings (SSSR count). The van der Waals surface area contributed by atoms with Gasteiger partial charge in [-0.3, -0.25) is 4.68 Å². The molecule has 12 heteroatoms. The SMILES string of the molecule is O=[N+]([O-])c1nn(CCc2nnc(Nc3ccn(Cc4ccccc4)n3)s2)cc1Cl. The highest BCUT2D eigenvalue weighted by atomic mass is 35.5. The minimum Gasteiger partial charge on any atom is -0.358 e. The van der Waals surface area contributed by atoms with Gasteiger partial charge >= 0.3 is 5.82 Å². The van der Waals surface area contributed by atoms with Crippen LogP contribution in [-0.2, 0) is 19.5 Å². The molecule has 0 saturated heterocycles. The van der Waals surface area contributed by atoms with Crippen molar-refractivity contribution in [1.29, 1.82) is 0 Å². The Morgan fingerprint density at radius 2 is 1.97 bits per heavy atom. The van der Waals surface area contributed by atoms with Gasteiger partial charge in [-0.05, 0) is 10.5 Å². The van der Waals surface area contributed by atoms with Gasteiger partial charge < -0.3 is 15.4 Å². The molecule has 0 saturated carbocycles. The molecule has 0 unspecified atom stereocenters. The number of aryl methyl sites for hydroxylation is 2. The Kier molecular flexibility index (Phi) is 5.49. The van der Waals surface area contributed by atoms with Crippen molar-refractivity contribution in [3.63, 3.8) is 0 Å². The van der Waals surface area contributed by atoms with E-state index in [1.807, 2.05) is 47.3 Å². The maximum Gasteiger partial charge on any atom is 0.408 e. The highest BCUT2D eigenvalue weighted by molar-refractivity contribution is 7.15. The van der Waals surface area contributed by atoms with Crippen molar-refractivity contribution in [3.8, 4) is 0 Å². The highest BCUT2D eigenvalue weighted by Gasteiger charge is 2.19. The van der Waals surface area contributed by atoms with Crippen LogP contribution in [0.4, 0.5) is 16.8 Å². The lowest BCUT2D eigenvalue weighted by Gasteiger charge is -2.01. The molecule has 0 radical (unpaired) electrons. The quantitative estimate of drug-likeness (QED) is 0.335. The zero-order valence-corrected chi connectivity index (χ0v) is 16.5. The van der Waals surface area contributed by atoms with E-state index in [4.69, 9.17) is 11.6 Å². The van der Waals surface area contributed by atoms with E-state index < -0.39 is 4.92 Å². The van der Waals surface area contributed by atoms with E-state index in [1.165, 1.54) is 27.8 Å². The first-order valence-corrected chi connectivity index (χ1v) is 9.80. The molecule has 29 heavy (non-hydrogen) atoms. The van der Waals surface area contributed by atoms with Gasteiger partial charge in [-0.25, -0.2) is 0 Å². The Morgan fingerprint density at radius 1 is 1.14 bits per heavy atom. The molecule has 4 aromatic rings. The number of halogens is 1. The fourth-order valence-electron chi connectivity index (χ4n) is 2.64. The smallest absolute Gasteiger partial charge is 0.358 e. The van der Waals surface area contributed by atoms with Crippen molar-refractivity contribution in [2.75, 3.05) is 5.32 Å². The standard InChI is InChI=1S/C17H15ClN8O2S/c18-13-11-25(23-16(13)26(27)28)9-7-15-20-21-17(29-15)19-14-6-8-24(22-14)10-12-4-2-1-3-5-12/h1-6,8,11H,7,9-10H2,(H,19,21,22). The molecule has 1 N–H and O–H groups in total. The number of hydrogen-bond acceptors (Lipinski definition) is 8. The third-order valence-corrected chi connectivity index (χ3v) is 5.12. The second kappa shape index (κ2) is 8.37. The van der Waals surface area contributed by atoms with Crippen molar-refractivity contribution in [2.45, 2.75) is 19.5 Å². The first-order valence-electron chi connectivity index (χ1n) is 8.61. The monoisotopic (exact) mass is 430 g/mol. The van der Waals surface area contributed by atoms with Gasteiger partial charge in [-0.15, -0.1) is 10.2 Å². The molecular formula is C17H15ClN8O2S. The molecule has 10 nitrogen and oxygen atoms in total. The molecule has 0 aliphatic carbocycles. The highest BCUT2D eigenvalue weighted by Crippen LogP contribution is 2.23. The average Bonchev–Trinajstić information content (AvgIpc) is 3.42. The van der Waals surface area contributed by atoms with Gasteiger partial charge in [0.05, 0.1) is 24.4 Å². The molecule has 0 fully saturated rings. The normalized spacial score (nSPS) is 10.9. The summed E-state index contributed by atoms with van der Waals surface area (Å²) in [6.45, 7) is 1.09. The first kappa shape index (κ1) is 19.0. The Morgan fingerprint density at radius 3 is 2.72 bits per heavy atom. The molecule has 0 aliphatic rings. The minimum absolute atomic E-state index is 0.0145. The fraction of sp³-hybridized carbons (Fsp3) is 0.176. The number of anilines is 2. The number of benzene rings is 1. The summed E-state index contributed by atoms with van der Waals surface area (Å²) in [5.41, 5.74) is 1.17. The van der Waals surface area contributed by atoms with Crippen LogP contribution in [0.1, 0.15) is 10.6 Å². The van der Waals surface area contributed by atoms with Crippen LogP contribution in [0, 0.1) is 10.1 Å². The lowest BCUT2D eigenvalue weighted by Crippen LogP contribution is -2.02. The molecule has 0 aliphatic heterocycles. The largest absolute Gasteiger partial charge is 0.408 e. The predicted octanol–water partition coefficient (Wildman–Crippen LogP) is 3.53. The third kappa shape index (κ3) is 4.76. The van der Waals surface area contributed by atoms with Gasteiger partial charge in [0.15, 0.2) is 10.8 Å². The maximum atomic E-state index is 10.8. The number of nitrogens with zero attached hydrogens (tertiary/aromatic N) is 7. The van der Waals surface area contributed by atoms with Crippen LogP contribution < -0.4 is 5.32 Å². The van der Waals surface area contributed by atoms with Crippen LogP contribution in [0.15, 0.2) is 48.8 Å². The van der Waals surface area contributed by atoms with E-state index in [-0.39, 0.29) is 10.8 Å². The van der Waals surface area contributed by atoms with Crippen molar-refractivity contribution < 1.29 is 4.92 Å². The summed E-state index contributed by atoms with van der Waals surface area (Å²) in [6.07, 6.45) is 3.85. The summed E-state index contributed by atoms with van der Waals surface area (Å²) in [5.74, 6) is 0.329. The second-order valence-corrected chi connectivity index (χ2v) is 7.55. The van der Waals surface area contributed by atoms with Gasteiger partial charge in [-0.2, -0.15) is 9.78 Å². The van der Waals surface area contributed by atoms with Crippen molar-refractivity contribution in [2.24, 2.45) is 0 Å². The van der Waals surface area contributed by atoms with Crippen LogP contribution in [0.5, 0.6) is 0 Å². The van der Waals surface area contributed by atoms with E-state index in [9.17, 15) is 10.1 Å². The van der Waals surface area contributed by atoms with Gasteiger partial charge in [0, 0.05) is 18.7 Å². The number of aromatic nitrogens is 6. The zero-order chi connectivity index (χ0) is 20.2. The summed E-state index contributed by atoms with van der Waals surface area (Å²) in [7, 11) is 0. The van der Waals surface area contributed by atoms with E-state index in [1.54, 1.807) is 0 Å². The fourth-order valence-corrected chi connectivity index (χ4v) is 3.59. The summed E-state index contributed by atoms with van der Waals surface area (Å²) >= 11 is 7.19. The Hall–Kier alpha value is -3.31. The summed E-state index contributed by atoms with van der Waals surface area (Å²) in [6, 6.07) is 11.9. The lowest BCUT2D eigenvalue weighted by molar-refractivity contribution is -0.389. The minimum atomic E-state index is -0.608. The second-order valence-electron chi connectivity index (χ2n) is 6.08. The van der Waals surface area contributed by atoms with E-state index in [2.05, 4.69) is 25.7 Å². The van der Waals surface area contributed by atoms with Crippen molar-refractivity contribution in [1.82, 2.24) is 29.8 Å². The van der Waals surface area contributed by atoms with Crippen molar-refractivity contribution in [3.05, 3.63) is 74.5 Å². The lowest BCUT2D eigenvalue weighted by atomic mass is 10.2. The number of nitro groups is 1. The summed E-state index contributed by atoms with van der Waals surface area (Å²) in [5, 5.41) is 31.9. The van der Waals surface area contributed by atoms with Gasteiger partial charge in [0.2, 0.25) is 5.13 Å². The third-order valence-electron chi connectivity index (χ3n) is 3.96. The van der Waals surface area contributed by atoms with Crippen LogP contribution in [0.3, 0.4) is 0 Å². The molecular weight excluding hydrogens is 416 g/mol. The number of rotatable bonds is 8. The van der Waals surface area contributed by atoms with E-state index in [0.29, 0.717) is 30.5 Å². The maximum absolute atomic E-state index is 10.8. The summed E-state index contributed by atoms with van der Waals surface area (Å²) < 4.78 is 3.27. The molecule has 0 spiro atoms. The van der Waals surface area contributed by atoms with Crippen LogP contribution in [-0.4, -0.2) is 34.7 Å². The molecule has 148 valence electrons. The topological polar surface area (TPSA) is 117 Å². The van der Waals surface area contributed by atoms with Crippen LogP contribution in [0.2, 0.25) is 5.02 Å². The first-order chi connectivity index (χ1) is 14.1. The molecule has 0 atom stereocenters. The van der Waals surface area contributed by atoms with Crippen molar-refractivity contribution >= 4 is 39.7 Å². The van der Waals surface area contributed by atoms with Gasteiger partial charge in [0.25, 0.3) is 0 Å². The molecule has 1 aromatic carbocycles. The van der Waals surface area contributed by atoms with E-state index in [0.717, 1.165) is 5.01 Å². The van der Waals surface area contributed by atoms with Crippen LogP contribution in [0.25, 0.3) is 0 Å². The average molecular weight is 431 g/mol. The summed E-state index contributed by atoms with van der Waals surface area (Å²) in [4.78, 5) is 10.2. The number of hydrogen-bond donors (Lipinski definition) is 1. The molecule has 3 aromatic heterocycles. The molecule has 0 amide bonds. The van der Waals surface area contributed by atoms with Crippen LogP contribution >= 0.6 is 22.9 Å². The molecule has 3 heterocycles. The van der Waals surface area contributed by atoms with Gasteiger partial charge in [-0.1, -0.05) is 53.3 Å². The Bertz CT molecular complexity index is 1120.